The number of phenols is 1. The van der Waals surface area contributed by atoms with E-state index in [1.54, 1.807) is 0 Å². The molecule has 4 rings (SSSR count). The maximum absolute atomic E-state index is 12.0. The van der Waals surface area contributed by atoms with Gasteiger partial charge >= 0.3 is 5.97 Å². The number of rotatable bonds is 8. The second kappa shape index (κ2) is 10.5. The summed E-state index contributed by atoms with van der Waals surface area (Å²) in [5.74, 6) is -0.778. The van der Waals surface area contributed by atoms with Crippen LogP contribution < -0.4 is 4.74 Å². The van der Waals surface area contributed by atoms with E-state index in [9.17, 15) is 35.4 Å². The minimum atomic E-state index is -2.05. The Balaban J connectivity index is 1.44. The van der Waals surface area contributed by atoms with Gasteiger partial charge in [-0.25, -0.2) is 4.79 Å². The molecule has 13 nitrogen and oxygen atoms in total. The summed E-state index contributed by atoms with van der Waals surface area (Å²) >= 11 is 0. The molecule has 0 unspecified atom stereocenters. The van der Waals surface area contributed by atoms with Crippen molar-refractivity contribution in [3.8, 4) is 11.5 Å². The van der Waals surface area contributed by atoms with Crippen LogP contribution in [0.15, 0.2) is 47.1 Å². The van der Waals surface area contributed by atoms with Crippen LogP contribution >= 0.6 is 0 Å². The number of carbonyl (C=O) groups is 1. The smallest absolute Gasteiger partial charge is 0.374 e. The molecule has 1 aromatic carbocycles. The molecule has 35 heavy (non-hydrogen) atoms. The van der Waals surface area contributed by atoms with Gasteiger partial charge in [0.2, 0.25) is 12.1 Å². The number of furan rings is 1. The number of hydrogen-bond acceptors (Lipinski definition) is 13. The summed E-state index contributed by atoms with van der Waals surface area (Å²) in [5, 5.41) is 61.2. The van der Waals surface area contributed by atoms with Gasteiger partial charge in [0, 0.05) is 0 Å². The van der Waals surface area contributed by atoms with Gasteiger partial charge in [0.25, 0.3) is 0 Å². The minimum Gasteiger partial charge on any atom is -0.508 e. The number of benzene rings is 1. The van der Waals surface area contributed by atoms with Crippen molar-refractivity contribution in [1.29, 1.82) is 0 Å². The first kappa shape index (κ1) is 25.3. The van der Waals surface area contributed by atoms with Crippen molar-refractivity contribution in [3.05, 3.63) is 48.4 Å². The summed E-state index contributed by atoms with van der Waals surface area (Å²) in [5.41, 5.74) is -2.05. The molecule has 0 bridgehead atoms. The quantitative estimate of drug-likeness (QED) is 0.230. The first-order chi connectivity index (χ1) is 16.7. The van der Waals surface area contributed by atoms with E-state index < -0.39 is 74.5 Å². The molecule has 0 amide bonds. The molecule has 6 N–H and O–H groups in total. The number of hydrogen-bond donors (Lipinski definition) is 6. The molecule has 0 spiro atoms. The van der Waals surface area contributed by atoms with Crippen molar-refractivity contribution >= 4 is 5.97 Å². The summed E-state index contributed by atoms with van der Waals surface area (Å²) < 4.78 is 32.1. The van der Waals surface area contributed by atoms with Gasteiger partial charge in [-0.2, -0.15) is 0 Å². The zero-order valence-corrected chi connectivity index (χ0v) is 18.2. The summed E-state index contributed by atoms with van der Waals surface area (Å²) in [6, 6.07) is 8.35. The topological polar surface area (TPSA) is 198 Å². The molecule has 1 aromatic heterocycles. The molecule has 0 saturated carbocycles. The van der Waals surface area contributed by atoms with Crippen molar-refractivity contribution < 1.29 is 63.5 Å². The average Bonchev–Trinajstić information content (AvgIpc) is 3.48. The third-order valence-corrected chi connectivity index (χ3v) is 5.69. The molecule has 13 heteroatoms. The lowest BCUT2D eigenvalue weighted by molar-refractivity contribution is -0.318. The van der Waals surface area contributed by atoms with Crippen LogP contribution in [0.1, 0.15) is 10.6 Å². The molecule has 2 aromatic rings. The highest BCUT2D eigenvalue weighted by atomic mass is 16.8. The van der Waals surface area contributed by atoms with Gasteiger partial charge in [0.1, 0.15) is 42.5 Å². The maximum atomic E-state index is 12.0. The van der Waals surface area contributed by atoms with E-state index in [0.717, 1.165) is 0 Å². The second-order valence-corrected chi connectivity index (χ2v) is 8.20. The molecule has 2 fully saturated rings. The fourth-order valence-electron chi connectivity index (χ4n) is 3.66. The maximum Gasteiger partial charge on any atom is 0.374 e. The Kier molecular flexibility index (Phi) is 7.59. The van der Waals surface area contributed by atoms with Crippen molar-refractivity contribution in [1.82, 2.24) is 0 Å². The summed E-state index contributed by atoms with van der Waals surface area (Å²) in [6.45, 7) is -1.77. The predicted octanol–water partition coefficient (Wildman–Crippen LogP) is -1.51. The number of carbonyl (C=O) groups excluding carboxylic acids is 1. The monoisotopic (exact) mass is 498 g/mol. The highest BCUT2D eigenvalue weighted by molar-refractivity contribution is 5.86. The predicted molar refractivity (Wildman–Crippen MR) is 111 cm³/mol. The lowest BCUT2D eigenvalue weighted by atomic mass is 9.98. The van der Waals surface area contributed by atoms with E-state index >= 15 is 0 Å². The van der Waals surface area contributed by atoms with Gasteiger partial charge in [-0.3, -0.25) is 0 Å². The summed E-state index contributed by atoms with van der Waals surface area (Å²) in [4.78, 5) is 12.0. The zero-order chi connectivity index (χ0) is 25.2. The largest absolute Gasteiger partial charge is 0.508 e. The molecule has 192 valence electrons. The SMILES string of the molecule is O=C(OC[C@]1(O)CO[C@H](O[C@@H]2[C@@H](Oc3ccc(O)cc3)O[C@@H](CO)[C@H](O)[C@H]2O)[C@H]1O)c1ccco1. The van der Waals surface area contributed by atoms with Crippen LogP contribution in [0.5, 0.6) is 11.5 Å². The van der Waals surface area contributed by atoms with E-state index in [-0.39, 0.29) is 17.3 Å². The molecular formula is C22H26O13. The Hall–Kier alpha value is -2.75. The van der Waals surface area contributed by atoms with E-state index in [0.29, 0.717) is 0 Å². The van der Waals surface area contributed by atoms with Crippen LogP contribution in [-0.4, -0.2) is 105 Å². The van der Waals surface area contributed by atoms with Gasteiger partial charge in [0.15, 0.2) is 18.0 Å². The highest BCUT2D eigenvalue weighted by Gasteiger charge is 2.54. The van der Waals surface area contributed by atoms with Crippen LogP contribution in [0.25, 0.3) is 0 Å². The number of esters is 1. The Morgan fingerprint density at radius 2 is 1.83 bits per heavy atom. The van der Waals surface area contributed by atoms with Gasteiger partial charge in [-0.1, -0.05) is 0 Å². The van der Waals surface area contributed by atoms with Gasteiger partial charge in [0.05, 0.1) is 19.5 Å². The number of aromatic hydroxyl groups is 1. The van der Waals surface area contributed by atoms with Crippen molar-refractivity contribution in [2.24, 2.45) is 0 Å². The molecule has 0 radical (unpaired) electrons. The zero-order valence-electron chi connectivity index (χ0n) is 18.2. The third kappa shape index (κ3) is 5.42. The van der Waals surface area contributed by atoms with Crippen LogP contribution in [-0.2, 0) is 18.9 Å². The third-order valence-electron chi connectivity index (χ3n) is 5.69. The van der Waals surface area contributed by atoms with Crippen molar-refractivity contribution in [2.45, 2.75) is 48.7 Å². The van der Waals surface area contributed by atoms with E-state index in [1.807, 2.05) is 0 Å². The standard InChI is InChI=1S/C22H26O13/c23-8-14-15(25)16(26)17(20(34-14)33-12-5-3-11(24)4-6-12)35-21-18(27)22(29,10-32-21)9-31-19(28)13-2-1-7-30-13/h1-7,14-18,20-21,23-27,29H,8-10H2/t14-,15-,16+,17-,18+,20-,21+,22-/m0/s1. The number of ether oxygens (including phenoxy) is 5. The van der Waals surface area contributed by atoms with Crippen LogP contribution in [0.2, 0.25) is 0 Å². The number of phenolic OH excluding ortho intramolecular Hbond substituents is 1. The average molecular weight is 498 g/mol. The molecule has 0 aliphatic carbocycles. The Bertz CT molecular complexity index is 964. The Morgan fingerprint density at radius 1 is 1.09 bits per heavy atom. The Labute approximate surface area is 198 Å². The van der Waals surface area contributed by atoms with Crippen molar-refractivity contribution in [2.75, 3.05) is 19.8 Å². The molecule has 2 saturated heterocycles. The first-order valence-electron chi connectivity index (χ1n) is 10.7. The molecule has 8 atom stereocenters. The van der Waals surface area contributed by atoms with E-state index in [4.69, 9.17) is 28.1 Å². The van der Waals surface area contributed by atoms with Gasteiger partial charge in [-0.15, -0.1) is 0 Å². The normalized spacial score (nSPS) is 35.1. The fraction of sp³-hybridized carbons (Fsp3) is 0.500. The molecular weight excluding hydrogens is 472 g/mol. The fourth-order valence-corrected chi connectivity index (χ4v) is 3.66. The number of aliphatic hydroxyl groups is 5. The van der Waals surface area contributed by atoms with Crippen LogP contribution in [0, 0.1) is 0 Å². The Morgan fingerprint density at radius 3 is 2.49 bits per heavy atom. The number of aliphatic hydroxyl groups excluding tert-OH is 4. The van der Waals surface area contributed by atoms with E-state index in [2.05, 4.69) is 0 Å². The highest BCUT2D eigenvalue weighted by Crippen LogP contribution is 2.32. The summed E-state index contributed by atoms with van der Waals surface area (Å²) in [6.07, 6.45) is -9.27. The van der Waals surface area contributed by atoms with Crippen molar-refractivity contribution in [3.63, 3.8) is 0 Å². The van der Waals surface area contributed by atoms with Gasteiger partial charge < -0.3 is 58.7 Å². The van der Waals surface area contributed by atoms with Crippen LogP contribution in [0.4, 0.5) is 0 Å². The van der Waals surface area contributed by atoms with E-state index in [1.165, 1.54) is 42.7 Å². The van der Waals surface area contributed by atoms with Crippen LogP contribution in [0.3, 0.4) is 0 Å². The lowest BCUT2D eigenvalue weighted by Gasteiger charge is -2.42. The van der Waals surface area contributed by atoms with Gasteiger partial charge in [-0.05, 0) is 36.4 Å². The second-order valence-electron chi connectivity index (χ2n) is 8.20. The lowest BCUT2D eigenvalue weighted by Crippen LogP contribution is -2.62. The molecule has 2 aliphatic heterocycles. The summed E-state index contributed by atoms with van der Waals surface area (Å²) in [7, 11) is 0. The minimum absolute atomic E-state index is 0.0204. The molecule has 3 heterocycles. The first-order valence-corrected chi connectivity index (χ1v) is 10.7. The molecule has 2 aliphatic rings.